The van der Waals surface area contributed by atoms with Gasteiger partial charge in [-0.25, -0.2) is 0 Å². The second-order valence-electron chi connectivity index (χ2n) is 4.71. The largest absolute Gasteiger partial charge is 2.00 e. The van der Waals surface area contributed by atoms with Gasteiger partial charge in [-0.2, -0.15) is 0 Å². The Bertz CT molecular complexity index is 630. The van der Waals surface area contributed by atoms with Gasteiger partial charge in [-0.1, -0.05) is 48.5 Å². The summed E-state index contributed by atoms with van der Waals surface area (Å²) >= 11 is 0. The Morgan fingerprint density at radius 3 is 0.967 bits per heavy atom. The summed E-state index contributed by atoms with van der Waals surface area (Å²) in [6, 6.07) is 10.5. The maximum atomic E-state index is 10.6. The van der Waals surface area contributed by atoms with Crippen molar-refractivity contribution in [2.75, 3.05) is 0 Å². The molecule has 0 aromatic heterocycles. The maximum absolute atomic E-state index is 10.6. The molecule has 0 saturated heterocycles. The number of carbonyl (C=O) groups is 2. The van der Waals surface area contributed by atoms with E-state index in [2.05, 4.69) is 0 Å². The standard InChI is InChI=1S/C16H14O6.Co.7H2O/c17-13(9-1-5-11(6-2-9)15(19)20)14(18)10-3-7-12(8-4-10)16(21)22;;;;;;;;/h1-8,13-14,17-18H,(H,19,20)(H,21,22);;7*1H2/q;+2;;;;;;;/p+4/t13-,14+;;;;;;;;. The number of aliphatic hydroxyl groups is 2. The van der Waals surface area contributed by atoms with Gasteiger partial charge in [-0.05, 0) is 22.3 Å². The van der Waals surface area contributed by atoms with Crippen LogP contribution in [0.15, 0.2) is 48.5 Å². The molecule has 177 valence electrons. The van der Waals surface area contributed by atoms with E-state index in [9.17, 15) is 30.0 Å². The average molecular weight is 491 g/mol. The molecule has 0 amide bonds. The fourth-order valence-corrected chi connectivity index (χ4v) is 2.00. The van der Waals surface area contributed by atoms with Crippen LogP contribution in [0, 0.1) is 0 Å². The minimum atomic E-state index is -1.33. The van der Waals surface area contributed by atoms with Gasteiger partial charge < -0.3 is 68.3 Å². The molecule has 2 rings (SSSR count). The molecule has 13 nitrogen and oxygen atoms in total. The van der Waals surface area contributed by atoms with Crippen molar-refractivity contribution in [3.05, 3.63) is 70.8 Å². The van der Waals surface area contributed by atoms with Gasteiger partial charge in [0, 0.05) is 0 Å². The molecule has 0 aliphatic rings. The first kappa shape index (κ1) is 46.0. The van der Waals surface area contributed by atoms with Crippen molar-refractivity contribution in [3.8, 4) is 0 Å². The monoisotopic (exact) mass is 491 g/mol. The molecule has 2 aromatic rings. The Kier molecular flexibility index (Phi) is 30.4. The molecule has 30 heavy (non-hydrogen) atoms. The van der Waals surface area contributed by atoms with Crippen LogP contribution in [0.4, 0.5) is 0 Å². The number of benzene rings is 2. The molecular formula is C16H32CoO13+6. The fraction of sp³-hybridized carbons (Fsp3) is 0.125. The van der Waals surface area contributed by atoms with E-state index in [-0.39, 0.29) is 66.2 Å². The van der Waals surface area contributed by atoms with Crippen LogP contribution in [0.25, 0.3) is 0 Å². The van der Waals surface area contributed by atoms with Crippen molar-refractivity contribution in [1.82, 2.24) is 0 Å². The second-order valence-corrected chi connectivity index (χ2v) is 4.71. The van der Waals surface area contributed by atoms with Crippen molar-refractivity contribution in [1.29, 1.82) is 0 Å². The Labute approximate surface area is 180 Å². The Morgan fingerprint density at radius 1 is 0.600 bits per heavy atom. The number of hydrogen-bond donors (Lipinski definition) is 2. The summed E-state index contributed by atoms with van der Waals surface area (Å²) in [5.74, 6) is -2.67. The Hall–Kier alpha value is -2.47. The van der Waals surface area contributed by atoms with Crippen molar-refractivity contribution in [3.63, 3.8) is 0 Å². The van der Waals surface area contributed by atoms with Gasteiger partial charge in [0.2, 0.25) is 0 Å². The predicted molar refractivity (Wildman–Crippen MR) is 104 cm³/mol. The van der Waals surface area contributed by atoms with E-state index in [4.69, 9.17) is 0 Å². The van der Waals surface area contributed by atoms with Crippen LogP contribution in [0.1, 0.15) is 44.1 Å². The normalized spacial score (nSPS) is 9.80. The van der Waals surface area contributed by atoms with E-state index in [0.717, 1.165) is 0 Å². The van der Waals surface area contributed by atoms with Crippen molar-refractivity contribution in [2.45, 2.75) is 12.2 Å². The third kappa shape index (κ3) is 10.9. The summed E-state index contributed by atoms with van der Waals surface area (Å²) in [6.45, 7) is 0. The van der Waals surface area contributed by atoms with Crippen LogP contribution in [0.5, 0.6) is 0 Å². The molecule has 2 aromatic carbocycles. The average Bonchev–Trinajstić information content (AvgIpc) is 2.53. The molecule has 0 heterocycles. The zero-order valence-corrected chi connectivity index (χ0v) is 16.6. The van der Waals surface area contributed by atoms with Crippen molar-refractivity contribution < 1.29 is 85.1 Å². The van der Waals surface area contributed by atoms with E-state index >= 15 is 0 Å². The molecular weight excluding hydrogens is 459 g/mol. The molecule has 22 N–H and O–H groups in total. The smallest absolute Gasteiger partial charge is 0.545 e. The van der Waals surface area contributed by atoms with Gasteiger partial charge in [0.05, 0.1) is 11.9 Å². The Morgan fingerprint density at radius 2 is 0.800 bits per heavy atom. The number of aliphatic hydroxyl groups excluding tert-OH is 2. The van der Waals surface area contributed by atoms with Gasteiger partial charge >= 0.3 is 16.8 Å². The first-order chi connectivity index (χ1) is 10.4. The summed E-state index contributed by atoms with van der Waals surface area (Å²) in [5.41, 5.74) is 0.565. The zero-order valence-electron chi connectivity index (χ0n) is 15.6. The molecule has 0 spiro atoms. The van der Waals surface area contributed by atoms with Crippen LogP contribution in [-0.4, -0.2) is 27.6 Å². The SMILES string of the molecule is O.O=C([O-])c1ccc([C@@H](O)[C@@H](O)c2ccc(C(=O)[O-])cc2)cc1.[Co+2].[OH3+].[OH3+].[OH3+].[OH3+].[OH3+].[OH3+]. The fourth-order valence-electron chi connectivity index (χ4n) is 2.00. The van der Waals surface area contributed by atoms with Gasteiger partial charge in [0.25, 0.3) is 0 Å². The third-order valence-corrected chi connectivity index (χ3v) is 3.27. The summed E-state index contributed by atoms with van der Waals surface area (Å²) in [6.07, 6.45) is -2.57. The molecule has 0 saturated carbocycles. The summed E-state index contributed by atoms with van der Waals surface area (Å²) in [4.78, 5) is 21.3. The van der Waals surface area contributed by atoms with E-state index in [1.54, 1.807) is 0 Å². The van der Waals surface area contributed by atoms with Crippen molar-refractivity contribution >= 4 is 11.9 Å². The van der Waals surface area contributed by atoms with Crippen LogP contribution in [0.2, 0.25) is 0 Å². The summed E-state index contributed by atoms with van der Waals surface area (Å²) < 4.78 is 0. The van der Waals surface area contributed by atoms with E-state index < -0.39 is 24.1 Å². The summed E-state index contributed by atoms with van der Waals surface area (Å²) in [5, 5.41) is 41.5. The molecule has 0 unspecified atom stereocenters. The quantitative estimate of drug-likeness (QED) is 0.382. The zero-order chi connectivity index (χ0) is 16.3. The van der Waals surface area contributed by atoms with Crippen LogP contribution < -0.4 is 10.2 Å². The van der Waals surface area contributed by atoms with Gasteiger partial charge in [-0.15, -0.1) is 0 Å². The predicted octanol–water partition coefficient (Wildman–Crippen LogP) is -7.18. The first-order valence-corrected chi connectivity index (χ1v) is 6.39. The first-order valence-electron chi connectivity index (χ1n) is 6.39. The second kappa shape index (κ2) is 19.8. The number of carbonyl (C=O) groups excluding carboxylic acids is 2. The molecule has 1 radical (unpaired) electrons. The molecule has 0 bridgehead atoms. The van der Waals surface area contributed by atoms with Crippen LogP contribution >= 0.6 is 0 Å². The van der Waals surface area contributed by atoms with Gasteiger partial charge in [0.1, 0.15) is 12.2 Å². The molecule has 2 atom stereocenters. The Balaban J connectivity index is -0.000000132. The number of rotatable bonds is 5. The number of carboxylic acids is 2. The van der Waals surface area contributed by atoms with Gasteiger partial charge in [-0.3, -0.25) is 0 Å². The summed E-state index contributed by atoms with van der Waals surface area (Å²) in [7, 11) is 0. The minimum Gasteiger partial charge on any atom is -0.545 e. The van der Waals surface area contributed by atoms with Gasteiger partial charge in [0.15, 0.2) is 0 Å². The third-order valence-electron chi connectivity index (χ3n) is 3.27. The minimum absolute atomic E-state index is 0. The van der Waals surface area contributed by atoms with Crippen LogP contribution in [-0.2, 0) is 49.6 Å². The van der Waals surface area contributed by atoms with E-state index in [1.807, 2.05) is 0 Å². The molecule has 0 fully saturated rings. The molecule has 14 heteroatoms. The maximum Gasteiger partial charge on any atom is 2.00 e. The number of carboxylic acid groups (broad SMARTS) is 2. The van der Waals surface area contributed by atoms with E-state index in [1.165, 1.54) is 48.5 Å². The molecule has 0 aliphatic carbocycles. The molecule has 0 aliphatic heterocycles. The topological polar surface area (TPSA) is 350 Å². The van der Waals surface area contributed by atoms with E-state index in [0.29, 0.717) is 11.1 Å². The number of aromatic carboxylic acids is 2. The number of hydrogen-bond acceptors (Lipinski definition) is 6. The van der Waals surface area contributed by atoms with Crippen molar-refractivity contribution in [2.24, 2.45) is 0 Å². The van der Waals surface area contributed by atoms with Crippen LogP contribution in [0.3, 0.4) is 0 Å².